The Bertz CT molecular complexity index is 644. The second-order valence-electron chi connectivity index (χ2n) is 6.69. The third-order valence-electron chi connectivity index (χ3n) is 5.27. The van der Waals surface area contributed by atoms with Crippen molar-refractivity contribution in [3.05, 3.63) is 34.4 Å². The predicted molar refractivity (Wildman–Crippen MR) is 90.6 cm³/mol. The lowest BCUT2D eigenvalue weighted by Gasteiger charge is -2.25. The van der Waals surface area contributed by atoms with Gasteiger partial charge in [-0.1, -0.05) is 11.6 Å². The van der Waals surface area contributed by atoms with Gasteiger partial charge >= 0.3 is 0 Å². The fourth-order valence-corrected chi connectivity index (χ4v) is 4.08. The minimum absolute atomic E-state index is 0.114. The molecule has 0 radical (unpaired) electrons. The molecule has 1 amide bonds. The highest BCUT2D eigenvalue weighted by Crippen LogP contribution is 2.31. The summed E-state index contributed by atoms with van der Waals surface area (Å²) >= 11 is 6.04. The molecule has 0 aromatic heterocycles. The van der Waals surface area contributed by atoms with Gasteiger partial charge in [0.15, 0.2) is 0 Å². The number of nitrogens with zero attached hydrogens (tertiary/aromatic N) is 1. The number of likely N-dealkylation sites (tertiary alicyclic amines) is 1. The van der Waals surface area contributed by atoms with Gasteiger partial charge in [-0.2, -0.15) is 0 Å². The van der Waals surface area contributed by atoms with E-state index in [9.17, 15) is 4.79 Å². The van der Waals surface area contributed by atoms with Crippen molar-refractivity contribution in [2.24, 2.45) is 11.8 Å². The fourth-order valence-electron chi connectivity index (χ4n) is 3.90. The zero-order valence-corrected chi connectivity index (χ0v) is 13.8. The first-order valence-corrected chi connectivity index (χ1v) is 8.71. The van der Waals surface area contributed by atoms with E-state index in [2.05, 4.69) is 5.32 Å². The predicted octanol–water partition coefficient (Wildman–Crippen LogP) is 2.57. The van der Waals surface area contributed by atoms with Gasteiger partial charge in [0, 0.05) is 23.7 Å². The van der Waals surface area contributed by atoms with Crippen LogP contribution in [0.2, 0.25) is 5.02 Å². The molecule has 23 heavy (non-hydrogen) atoms. The molecule has 3 aliphatic rings. The summed E-state index contributed by atoms with van der Waals surface area (Å²) in [5.41, 5.74) is 1.62. The van der Waals surface area contributed by atoms with Crippen molar-refractivity contribution >= 4 is 23.6 Å². The first-order valence-electron chi connectivity index (χ1n) is 8.33. The molecule has 3 heterocycles. The number of nitrogens with one attached hydrogen (secondary N) is 1. The summed E-state index contributed by atoms with van der Waals surface area (Å²) in [5, 5.41) is 4.13. The van der Waals surface area contributed by atoms with Gasteiger partial charge in [0.1, 0.15) is 12.4 Å². The standard InChI is InChI=1S/C18H21ClN2O2/c19-16-1-2-17-14(8-16)7-15(11-23-17)18(22)21-5-3-12-9-20-10-13(12)4-6-21/h1-2,7-8,12-13,20H,3-6,9-11H2/t12-,13+. The van der Waals surface area contributed by atoms with Crippen LogP contribution in [0.15, 0.2) is 23.8 Å². The molecule has 0 bridgehead atoms. The van der Waals surface area contributed by atoms with E-state index in [0.717, 1.165) is 67.7 Å². The minimum atomic E-state index is 0.114. The molecule has 4 rings (SSSR count). The number of carbonyl (C=O) groups is 1. The van der Waals surface area contributed by atoms with Gasteiger partial charge in [-0.25, -0.2) is 0 Å². The van der Waals surface area contributed by atoms with Crippen LogP contribution in [0.5, 0.6) is 5.75 Å². The summed E-state index contributed by atoms with van der Waals surface area (Å²) in [5.74, 6) is 2.36. The average molecular weight is 333 g/mol. The van der Waals surface area contributed by atoms with Crippen LogP contribution in [0.3, 0.4) is 0 Å². The number of benzene rings is 1. The van der Waals surface area contributed by atoms with Crippen molar-refractivity contribution in [1.82, 2.24) is 10.2 Å². The topological polar surface area (TPSA) is 41.6 Å². The van der Waals surface area contributed by atoms with Gasteiger partial charge in [0.2, 0.25) is 0 Å². The molecule has 0 saturated carbocycles. The van der Waals surface area contributed by atoms with E-state index >= 15 is 0 Å². The molecule has 2 fully saturated rings. The van der Waals surface area contributed by atoms with E-state index in [1.165, 1.54) is 0 Å². The highest BCUT2D eigenvalue weighted by atomic mass is 35.5. The molecule has 0 unspecified atom stereocenters. The first-order chi connectivity index (χ1) is 11.2. The smallest absolute Gasteiger partial charge is 0.253 e. The van der Waals surface area contributed by atoms with Crippen molar-refractivity contribution in [3.63, 3.8) is 0 Å². The molecule has 3 aliphatic heterocycles. The maximum atomic E-state index is 12.8. The van der Waals surface area contributed by atoms with Crippen LogP contribution < -0.4 is 10.1 Å². The molecular formula is C18H21ClN2O2. The number of fused-ring (bicyclic) bond motifs is 2. The Labute approximate surface area is 141 Å². The van der Waals surface area contributed by atoms with Crippen LogP contribution in [0, 0.1) is 11.8 Å². The molecule has 5 heteroatoms. The summed E-state index contributed by atoms with van der Waals surface area (Å²) in [7, 11) is 0. The second kappa shape index (κ2) is 6.17. The fraction of sp³-hybridized carbons (Fsp3) is 0.500. The largest absolute Gasteiger partial charge is 0.488 e. The molecule has 4 nitrogen and oxygen atoms in total. The van der Waals surface area contributed by atoms with Crippen molar-refractivity contribution in [1.29, 1.82) is 0 Å². The van der Waals surface area contributed by atoms with Crippen LogP contribution >= 0.6 is 11.6 Å². The van der Waals surface area contributed by atoms with Crippen LogP contribution in [-0.2, 0) is 4.79 Å². The zero-order valence-electron chi connectivity index (χ0n) is 13.1. The monoisotopic (exact) mass is 332 g/mol. The van der Waals surface area contributed by atoms with Crippen LogP contribution in [-0.4, -0.2) is 43.6 Å². The van der Waals surface area contributed by atoms with E-state index < -0.39 is 0 Å². The Morgan fingerprint density at radius 1 is 1.22 bits per heavy atom. The summed E-state index contributed by atoms with van der Waals surface area (Å²) in [6.45, 7) is 4.25. The molecule has 0 aliphatic carbocycles. The van der Waals surface area contributed by atoms with E-state index in [1.807, 2.05) is 29.2 Å². The van der Waals surface area contributed by atoms with E-state index in [0.29, 0.717) is 11.6 Å². The number of ether oxygens (including phenoxy) is 1. The van der Waals surface area contributed by atoms with Crippen molar-refractivity contribution in [2.75, 3.05) is 32.8 Å². The Morgan fingerprint density at radius 3 is 2.70 bits per heavy atom. The van der Waals surface area contributed by atoms with Crippen LogP contribution in [0.4, 0.5) is 0 Å². The molecule has 2 saturated heterocycles. The van der Waals surface area contributed by atoms with Crippen LogP contribution in [0.1, 0.15) is 18.4 Å². The molecule has 0 spiro atoms. The Hall–Kier alpha value is -1.52. The highest BCUT2D eigenvalue weighted by Gasteiger charge is 2.32. The van der Waals surface area contributed by atoms with Crippen molar-refractivity contribution < 1.29 is 9.53 Å². The molecule has 1 aromatic rings. The zero-order chi connectivity index (χ0) is 15.8. The maximum Gasteiger partial charge on any atom is 0.253 e. The second-order valence-corrected chi connectivity index (χ2v) is 7.12. The number of halogens is 1. The quantitative estimate of drug-likeness (QED) is 0.859. The van der Waals surface area contributed by atoms with Gasteiger partial charge in [0.05, 0.1) is 5.57 Å². The minimum Gasteiger partial charge on any atom is -0.488 e. The lowest BCUT2D eigenvalue weighted by molar-refractivity contribution is -0.127. The van der Waals surface area contributed by atoms with E-state index in [4.69, 9.17) is 16.3 Å². The Balaban J connectivity index is 1.51. The number of amides is 1. The van der Waals surface area contributed by atoms with Gasteiger partial charge in [-0.15, -0.1) is 0 Å². The summed E-state index contributed by atoms with van der Waals surface area (Å²) in [6, 6.07) is 5.51. The van der Waals surface area contributed by atoms with E-state index in [-0.39, 0.29) is 5.91 Å². The molecule has 1 N–H and O–H groups in total. The third kappa shape index (κ3) is 2.98. The lowest BCUT2D eigenvalue weighted by Crippen LogP contribution is -2.35. The van der Waals surface area contributed by atoms with Crippen molar-refractivity contribution in [3.8, 4) is 5.75 Å². The molecule has 2 atom stereocenters. The van der Waals surface area contributed by atoms with Gasteiger partial charge in [-0.05, 0) is 62.0 Å². The number of rotatable bonds is 1. The number of hydrogen-bond acceptors (Lipinski definition) is 3. The Kier molecular flexibility index (Phi) is 4.04. The van der Waals surface area contributed by atoms with Gasteiger partial charge in [0.25, 0.3) is 5.91 Å². The average Bonchev–Trinajstić information content (AvgIpc) is 2.92. The van der Waals surface area contributed by atoms with Gasteiger partial charge < -0.3 is 15.0 Å². The van der Waals surface area contributed by atoms with Crippen molar-refractivity contribution in [2.45, 2.75) is 12.8 Å². The highest BCUT2D eigenvalue weighted by molar-refractivity contribution is 6.30. The SMILES string of the molecule is O=C(C1=Cc2cc(Cl)ccc2OC1)N1CC[C@@H]2CNC[C@@H]2CC1. The summed E-state index contributed by atoms with van der Waals surface area (Å²) < 4.78 is 5.72. The number of hydrogen-bond donors (Lipinski definition) is 1. The number of carbonyl (C=O) groups excluding carboxylic acids is 1. The Morgan fingerprint density at radius 2 is 1.96 bits per heavy atom. The first kappa shape index (κ1) is 15.0. The summed E-state index contributed by atoms with van der Waals surface area (Å²) in [4.78, 5) is 14.9. The maximum absolute atomic E-state index is 12.8. The van der Waals surface area contributed by atoms with E-state index in [1.54, 1.807) is 0 Å². The normalized spacial score (nSPS) is 26.7. The summed E-state index contributed by atoms with van der Waals surface area (Å²) in [6.07, 6.45) is 4.13. The lowest BCUT2D eigenvalue weighted by atomic mass is 9.92. The molecule has 122 valence electrons. The molecular weight excluding hydrogens is 312 g/mol. The third-order valence-corrected chi connectivity index (χ3v) is 5.50. The molecule has 1 aromatic carbocycles. The van der Waals surface area contributed by atoms with Crippen LogP contribution in [0.25, 0.3) is 6.08 Å². The van der Waals surface area contributed by atoms with Gasteiger partial charge in [-0.3, -0.25) is 4.79 Å².